The fraction of sp³-hybridized carbons (Fsp3) is 0.933. The van der Waals surface area contributed by atoms with E-state index in [1.54, 1.807) is 0 Å². The lowest BCUT2D eigenvalue weighted by molar-refractivity contribution is -0.151. The van der Waals surface area contributed by atoms with Gasteiger partial charge < -0.3 is 20.3 Å². The van der Waals surface area contributed by atoms with Gasteiger partial charge in [-0.15, -0.1) is 0 Å². The van der Waals surface area contributed by atoms with Crippen molar-refractivity contribution in [1.82, 2.24) is 5.32 Å². The van der Waals surface area contributed by atoms with Gasteiger partial charge in [0.1, 0.15) is 6.10 Å². The Labute approximate surface area is 412 Å². The number of aliphatic hydroxyl groups excluding tert-OH is 2. The maximum absolute atomic E-state index is 13.3. The van der Waals surface area contributed by atoms with Gasteiger partial charge in [-0.3, -0.25) is 9.59 Å². The number of ether oxygens (including phenoxy) is 1. The molecule has 0 bridgehead atoms. The summed E-state index contributed by atoms with van der Waals surface area (Å²) in [7, 11) is 0. The van der Waals surface area contributed by atoms with Crippen molar-refractivity contribution in [3.8, 4) is 0 Å². The Bertz CT molecular complexity index is 1000. The van der Waals surface area contributed by atoms with Gasteiger partial charge in [0, 0.05) is 6.42 Å². The number of nitrogens with one attached hydrogen (secondary N) is 1. The van der Waals surface area contributed by atoms with E-state index in [0.29, 0.717) is 19.3 Å². The van der Waals surface area contributed by atoms with Crippen molar-refractivity contribution in [3.05, 3.63) is 12.2 Å². The minimum atomic E-state index is -0.782. The second-order valence-corrected chi connectivity index (χ2v) is 20.8. The standard InChI is InChI=1S/C60H117NO5/c1-4-7-10-13-16-19-22-24-26-28-29-31-33-35-38-41-44-47-50-53-60(65)66-56(51-48-45-42-39-37-34-32-30-27-25-23-20-17-14-11-8-5-2)54-59(64)61-57(55-62)58(63)52-49-46-43-40-36-21-18-15-12-9-6-3/h24,26,56-58,62-63H,4-23,25,27-55H2,1-3H3,(H,61,64)/b26-24+. The Morgan fingerprint density at radius 3 is 1.08 bits per heavy atom. The summed E-state index contributed by atoms with van der Waals surface area (Å²) >= 11 is 0. The predicted octanol–water partition coefficient (Wildman–Crippen LogP) is 18.5. The van der Waals surface area contributed by atoms with Gasteiger partial charge in [0.15, 0.2) is 0 Å². The summed E-state index contributed by atoms with van der Waals surface area (Å²) in [6.07, 6.45) is 62.8. The SMILES string of the molecule is CCCCCCCC/C=C/CCCCCCCCCCCC(=O)OC(CCCCCCCCCCCCCCCCCCC)CC(=O)NC(CO)C(O)CCCCCCCCCCCCC. The molecule has 3 atom stereocenters. The lowest BCUT2D eigenvalue weighted by atomic mass is 10.0. The van der Waals surface area contributed by atoms with Crippen LogP contribution in [0.5, 0.6) is 0 Å². The van der Waals surface area contributed by atoms with Crippen molar-refractivity contribution in [2.45, 2.75) is 354 Å². The van der Waals surface area contributed by atoms with Crippen LogP contribution in [0.15, 0.2) is 12.2 Å². The van der Waals surface area contributed by atoms with Crippen LogP contribution in [0.25, 0.3) is 0 Å². The van der Waals surface area contributed by atoms with Gasteiger partial charge in [0.05, 0.1) is 25.2 Å². The van der Waals surface area contributed by atoms with Crippen molar-refractivity contribution in [3.63, 3.8) is 0 Å². The largest absolute Gasteiger partial charge is 0.462 e. The molecule has 6 heteroatoms. The summed E-state index contributed by atoms with van der Waals surface area (Å²) in [6, 6.07) is -0.695. The molecular formula is C60H117NO5. The Balaban J connectivity index is 4.48. The first-order valence-corrected chi connectivity index (χ1v) is 29.9. The third-order valence-electron chi connectivity index (χ3n) is 14.1. The molecule has 0 rings (SSSR count). The normalized spacial score (nSPS) is 13.1. The van der Waals surface area contributed by atoms with E-state index < -0.39 is 18.2 Å². The minimum Gasteiger partial charge on any atom is -0.462 e. The van der Waals surface area contributed by atoms with E-state index in [1.165, 1.54) is 244 Å². The van der Waals surface area contributed by atoms with Crippen LogP contribution in [0.3, 0.4) is 0 Å². The molecule has 0 aliphatic rings. The highest BCUT2D eigenvalue weighted by molar-refractivity contribution is 5.77. The van der Waals surface area contributed by atoms with Gasteiger partial charge in [-0.1, -0.05) is 283 Å². The van der Waals surface area contributed by atoms with E-state index in [2.05, 4.69) is 38.2 Å². The quantitative estimate of drug-likeness (QED) is 0.0321. The summed E-state index contributed by atoms with van der Waals surface area (Å²) in [5.74, 6) is -0.451. The van der Waals surface area contributed by atoms with Crippen LogP contribution in [0.4, 0.5) is 0 Å². The fourth-order valence-electron chi connectivity index (χ4n) is 9.55. The number of carbonyl (C=O) groups excluding carboxylic acids is 2. The van der Waals surface area contributed by atoms with Crippen LogP contribution in [-0.4, -0.2) is 46.9 Å². The van der Waals surface area contributed by atoms with Crippen LogP contribution >= 0.6 is 0 Å². The first-order valence-electron chi connectivity index (χ1n) is 29.9. The van der Waals surface area contributed by atoms with Crippen LogP contribution in [0.2, 0.25) is 0 Å². The van der Waals surface area contributed by atoms with Crippen molar-refractivity contribution in [2.75, 3.05) is 6.61 Å². The topological polar surface area (TPSA) is 95.9 Å². The van der Waals surface area contributed by atoms with E-state index in [1.807, 2.05) is 0 Å². The predicted molar refractivity (Wildman–Crippen MR) is 287 cm³/mol. The van der Waals surface area contributed by atoms with Crippen LogP contribution in [-0.2, 0) is 14.3 Å². The lowest BCUT2D eigenvalue weighted by Gasteiger charge is -2.24. The minimum absolute atomic E-state index is 0.0851. The van der Waals surface area contributed by atoms with Crippen molar-refractivity contribution < 1.29 is 24.5 Å². The molecule has 0 aromatic carbocycles. The van der Waals surface area contributed by atoms with Gasteiger partial charge >= 0.3 is 5.97 Å². The first kappa shape index (κ1) is 64.6. The number of amides is 1. The highest BCUT2D eigenvalue weighted by Gasteiger charge is 2.24. The number of carbonyl (C=O) groups is 2. The zero-order valence-electron chi connectivity index (χ0n) is 44.9. The molecule has 0 heterocycles. The number of aliphatic hydroxyl groups is 2. The molecule has 0 saturated carbocycles. The molecule has 0 spiro atoms. The number of unbranched alkanes of at least 4 members (excludes halogenated alkanes) is 41. The first-order chi connectivity index (χ1) is 32.5. The highest BCUT2D eigenvalue weighted by atomic mass is 16.5. The monoisotopic (exact) mass is 932 g/mol. The molecular weight excluding hydrogens is 815 g/mol. The summed E-state index contributed by atoms with van der Waals surface area (Å²) in [4.78, 5) is 26.3. The van der Waals surface area contributed by atoms with Crippen molar-refractivity contribution in [1.29, 1.82) is 0 Å². The summed E-state index contributed by atoms with van der Waals surface area (Å²) in [6.45, 7) is 6.52. The molecule has 0 saturated heterocycles. The molecule has 1 amide bonds. The maximum atomic E-state index is 13.3. The Kier molecular flexibility index (Phi) is 53.4. The summed E-state index contributed by atoms with van der Waals surface area (Å²) in [5, 5.41) is 23.9. The van der Waals surface area contributed by atoms with Gasteiger partial charge in [-0.25, -0.2) is 0 Å². The Hall–Kier alpha value is -1.40. The molecule has 0 fully saturated rings. The summed E-state index contributed by atoms with van der Waals surface area (Å²) < 4.78 is 5.98. The van der Waals surface area contributed by atoms with Crippen LogP contribution < -0.4 is 5.32 Å². The van der Waals surface area contributed by atoms with Gasteiger partial charge in [0.2, 0.25) is 5.91 Å². The molecule has 0 aliphatic carbocycles. The molecule has 3 N–H and O–H groups in total. The van der Waals surface area contributed by atoms with E-state index in [-0.39, 0.29) is 24.9 Å². The summed E-state index contributed by atoms with van der Waals surface area (Å²) in [5.41, 5.74) is 0. The highest BCUT2D eigenvalue weighted by Crippen LogP contribution is 2.19. The van der Waals surface area contributed by atoms with E-state index in [4.69, 9.17) is 4.74 Å². The van der Waals surface area contributed by atoms with E-state index >= 15 is 0 Å². The number of hydrogen-bond donors (Lipinski definition) is 3. The average molecular weight is 933 g/mol. The zero-order valence-corrected chi connectivity index (χ0v) is 44.9. The number of hydrogen-bond acceptors (Lipinski definition) is 5. The Morgan fingerprint density at radius 2 is 0.727 bits per heavy atom. The van der Waals surface area contributed by atoms with Gasteiger partial charge in [-0.05, 0) is 51.4 Å². The average Bonchev–Trinajstić information content (AvgIpc) is 3.31. The van der Waals surface area contributed by atoms with Crippen LogP contribution in [0, 0.1) is 0 Å². The number of allylic oxidation sites excluding steroid dienone is 2. The van der Waals surface area contributed by atoms with Crippen LogP contribution in [0.1, 0.15) is 335 Å². The van der Waals surface area contributed by atoms with Crippen molar-refractivity contribution >= 4 is 11.9 Å². The number of rotatable bonds is 55. The van der Waals surface area contributed by atoms with Gasteiger partial charge in [0.25, 0.3) is 0 Å². The molecule has 0 aromatic rings. The lowest BCUT2D eigenvalue weighted by Crippen LogP contribution is -2.46. The third kappa shape index (κ3) is 49.0. The maximum Gasteiger partial charge on any atom is 0.306 e. The molecule has 0 radical (unpaired) electrons. The van der Waals surface area contributed by atoms with Gasteiger partial charge in [-0.2, -0.15) is 0 Å². The fourth-order valence-corrected chi connectivity index (χ4v) is 9.55. The number of esters is 1. The molecule has 66 heavy (non-hydrogen) atoms. The molecule has 6 nitrogen and oxygen atoms in total. The molecule has 0 aromatic heterocycles. The zero-order chi connectivity index (χ0) is 48.1. The van der Waals surface area contributed by atoms with Crippen molar-refractivity contribution in [2.24, 2.45) is 0 Å². The van der Waals surface area contributed by atoms with E-state index in [0.717, 1.165) is 44.9 Å². The smallest absolute Gasteiger partial charge is 0.306 e. The molecule has 392 valence electrons. The third-order valence-corrected chi connectivity index (χ3v) is 14.1. The molecule has 0 aliphatic heterocycles. The molecule has 3 unspecified atom stereocenters. The van der Waals surface area contributed by atoms with E-state index in [9.17, 15) is 19.8 Å². The second-order valence-electron chi connectivity index (χ2n) is 20.8. The second kappa shape index (κ2) is 54.5. The Morgan fingerprint density at radius 1 is 0.424 bits per heavy atom.